The molecule has 0 radical (unpaired) electrons. The van der Waals surface area contributed by atoms with Crippen molar-refractivity contribution in [2.75, 3.05) is 5.32 Å². The van der Waals surface area contributed by atoms with Gasteiger partial charge in [0.05, 0.1) is 23.3 Å². The largest absolute Gasteiger partial charge is 0.378 e. The van der Waals surface area contributed by atoms with Gasteiger partial charge in [-0.25, -0.2) is 4.39 Å². The monoisotopic (exact) mass is 467 g/mol. The number of aromatic nitrogens is 3. The zero-order chi connectivity index (χ0) is 23.6. The molecule has 0 saturated heterocycles. The number of amides is 1. The van der Waals surface area contributed by atoms with Crippen LogP contribution in [0.25, 0.3) is 22.0 Å². The van der Waals surface area contributed by atoms with E-state index >= 15 is 0 Å². The van der Waals surface area contributed by atoms with Gasteiger partial charge in [0.25, 0.3) is 5.91 Å². The van der Waals surface area contributed by atoms with Gasteiger partial charge < -0.3 is 10.2 Å². The molecule has 0 spiro atoms. The highest BCUT2D eigenvalue weighted by molar-refractivity contribution is 6.11. The Kier molecular flexibility index (Phi) is 4.33. The number of H-pyrrole nitrogens is 1. The van der Waals surface area contributed by atoms with E-state index < -0.39 is 5.60 Å². The number of carbonyl (C=O) groups excluding carboxylic acids is 1. The molecule has 1 aliphatic heterocycles. The van der Waals surface area contributed by atoms with Crippen molar-refractivity contribution in [2.24, 2.45) is 22.9 Å². The lowest BCUT2D eigenvalue weighted by atomic mass is 9.71. The Hall–Kier alpha value is -4.07. The second-order valence-electron chi connectivity index (χ2n) is 9.71. The van der Waals surface area contributed by atoms with E-state index in [0.29, 0.717) is 11.6 Å². The van der Waals surface area contributed by atoms with Gasteiger partial charge in [-0.2, -0.15) is 5.10 Å². The number of fused-ring (bicyclic) bond motifs is 6. The highest BCUT2D eigenvalue weighted by atomic mass is 19.1. The molecule has 2 bridgehead atoms. The molecule has 2 aromatic carbocycles. The number of pyridine rings is 1. The zero-order valence-electron chi connectivity index (χ0n) is 18.7. The van der Waals surface area contributed by atoms with Crippen LogP contribution in [-0.2, 0) is 9.63 Å². The van der Waals surface area contributed by atoms with Crippen molar-refractivity contribution in [1.82, 2.24) is 15.2 Å². The normalized spacial score (nSPS) is 26.4. The summed E-state index contributed by atoms with van der Waals surface area (Å²) in [5.74, 6) is -0.183. The summed E-state index contributed by atoms with van der Waals surface area (Å²) in [6.07, 6.45) is 8.12. The SMILES string of the molecule is O=C(Nc1ccc2[nH]ncc2c1)C12ON=C(c3cncc(-c4cccc(F)c4)c3)C1C1CCC2C1. The van der Waals surface area contributed by atoms with E-state index in [0.717, 1.165) is 52.6 Å². The van der Waals surface area contributed by atoms with E-state index in [1.54, 1.807) is 24.7 Å². The summed E-state index contributed by atoms with van der Waals surface area (Å²) in [5, 5.41) is 15.5. The quantitative estimate of drug-likeness (QED) is 0.446. The van der Waals surface area contributed by atoms with Crippen molar-refractivity contribution >= 4 is 28.2 Å². The molecule has 3 aliphatic rings. The predicted octanol–water partition coefficient (Wildman–Crippen LogP) is 4.92. The van der Waals surface area contributed by atoms with Crippen LogP contribution in [0, 0.1) is 23.6 Å². The summed E-state index contributed by atoms with van der Waals surface area (Å²) >= 11 is 0. The number of anilines is 1. The van der Waals surface area contributed by atoms with E-state index in [-0.39, 0.29) is 23.6 Å². The highest BCUT2D eigenvalue weighted by Gasteiger charge is 2.69. The predicted molar refractivity (Wildman–Crippen MR) is 129 cm³/mol. The van der Waals surface area contributed by atoms with Gasteiger partial charge in [-0.05, 0) is 67.1 Å². The van der Waals surface area contributed by atoms with Crippen molar-refractivity contribution in [1.29, 1.82) is 0 Å². The lowest BCUT2D eigenvalue weighted by Crippen LogP contribution is -2.53. The molecule has 2 aliphatic carbocycles. The fourth-order valence-electron chi connectivity index (χ4n) is 6.31. The Morgan fingerprint density at radius 1 is 1.06 bits per heavy atom. The molecule has 7 rings (SSSR count). The lowest BCUT2D eigenvalue weighted by Gasteiger charge is -2.35. The first-order valence-electron chi connectivity index (χ1n) is 11.8. The van der Waals surface area contributed by atoms with Crippen LogP contribution in [0.15, 0.2) is 72.3 Å². The summed E-state index contributed by atoms with van der Waals surface area (Å²) < 4.78 is 13.8. The van der Waals surface area contributed by atoms with Crippen LogP contribution < -0.4 is 5.32 Å². The van der Waals surface area contributed by atoms with Crippen LogP contribution in [-0.4, -0.2) is 32.4 Å². The summed E-state index contributed by atoms with van der Waals surface area (Å²) in [5.41, 5.74) is 3.67. The Labute approximate surface area is 200 Å². The van der Waals surface area contributed by atoms with Gasteiger partial charge in [0.15, 0.2) is 0 Å². The number of nitrogens with one attached hydrogen (secondary N) is 2. The second kappa shape index (κ2) is 7.46. The maximum absolute atomic E-state index is 13.8. The summed E-state index contributed by atoms with van der Waals surface area (Å²) in [4.78, 5) is 24.3. The number of oxime groups is 1. The molecule has 174 valence electrons. The molecule has 2 fully saturated rings. The molecule has 4 aromatic rings. The number of benzene rings is 2. The molecule has 4 atom stereocenters. The standard InChI is InChI=1S/C27H22FN5O2/c28-21-3-1-2-15(10-21)17-8-19(13-29-12-17)25-24-16-4-5-20(9-16)27(24,35-33-25)26(34)31-22-6-7-23-18(11-22)14-30-32-23/h1-3,6-8,10-14,16,20,24H,4-5,9H2,(H,30,32)(H,31,34). The van der Waals surface area contributed by atoms with Crippen LogP contribution in [0.4, 0.5) is 10.1 Å². The topological polar surface area (TPSA) is 92.3 Å². The van der Waals surface area contributed by atoms with Gasteiger partial charge in [0, 0.05) is 40.5 Å². The molecule has 3 heterocycles. The van der Waals surface area contributed by atoms with Crippen LogP contribution in [0.3, 0.4) is 0 Å². The first-order chi connectivity index (χ1) is 17.1. The van der Waals surface area contributed by atoms with Crippen molar-refractivity contribution in [3.63, 3.8) is 0 Å². The maximum Gasteiger partial charge on any atom is 0.272 e. The number of hydrogen-bond donors (Lipinski definition) is 2. The summed E-state index contributed by atoms with van der Waals surface area (Å²) in [7, 11) is 0. The summed E-state index contributed by atoms with van der Waals surface area (Å²) in [6.45, 7) is 0. The molecular formula is C27H22FN5O2. The van der Waals surface area contributed by atoms with Gasteiger partial charge in [-0.3, -0.25) is 14.9 Å². The zero-order valence-corrected chi connectivity index (χ0v) is 18.7. The first-order valence-corrected chi connectivity index (χ1v) is 11.8. The molecule has 2 N–H and O–H groups in total. The minimum Gasteiger partial charge on any atom is -0.378 e. The van der Waals surface area contributed by atoms with Crippen LogP contribution in [0.2, 0.25) is 0 Å². The molecular weight excluding hydrogens is 445 g/mol. The molecule has 7 nitrogen and oxygen atoms in total. The molecule has 8 heteroatoms. The number of hydrogen-bond acceptors (Lipinski definition) is 5. The van der Waals surface area contributed by atoms with Gasteiger partial charge in [0.1, 0.15) is 5.82 Å². The smallest absolute Gasteiger partial charge is 0.272 e. The van der Waals surface area contributed by atoms with Gasteiger partial charge >= 0.3 is 0 Å². The van der Waals surface area contributed by atoms with Crippen LogP contribution >= 0.6 is 0 Å². The third kappa shape index (κ3) is 3.02. The van der Waals surface area contributed by atoms with E-state index in [1.165, 1.54) is 12.1 Å². The van der Waals surface area contributed by atoms with Crippen molar-refractivity contribution < 1.29 is 14.0 Å². The average molecular weight is 468 g/mol. The molecule has 4 unspecified atom stereocenters. The fourth-order valence-corrected chi connectivity index (χ4v) is 6.31. The molecule has 2 aromatic heterocycles. The molecule has 35 heavy (non-hydrogen) atoms. The highest BCUT2D eigenvalue weighted by Crippen LogP contribution is 2.60. The number of aromatic amines is 1. The number of halogens is 1. The van der Waals surface area contributed by atoms with Gasteiger partial charge in [0.2, 0.25) is 5.60 Å². The minimum absolute atomic E-state index is 0.107. The molecule has 1 amide bonds. The maximum atomic E-state index is 13.8. The van der Waals surface area contributed by atoms with Crippen LogP contribution in [0.1, 0.15) is 24.8 Å². The number of rotatable bonds is 4. The first kappa shape index (κ1) is 20.3. The van der Waals surface area contributed by atoms with Gasteiger partial charge in [-0.1, -0.05) is 17.3 Å². The third-order valence-electron chi connectivity index (χ3n) is 7.85. The fraction of sp³-hybridized carbons (Fsp3) is 0.259. The van der Waals surface area contributed by atoms with Crippen LogP contribution in [0.5, 0.6) is 0 Å². The Balaban J connectivity index is 1.22. The average Bonchev–Trinajstić information content (AvgIpc) is 3.66. The van der Waals surface area contributed by atoms with Gasteiger partial charge in [-0.15, -0.1) is 0 Å². The minimum atomic E-state index is -1.03. The number of carbonyl (C=O) groups is 1. The van der Waals surface area contributed by atoms with Crippen molar-refractivity contribution in [3.8, 4) is 11.1 Å². The lowest BCUT2D eigenvalue weighted by molar-refractivity contribution is -0.149. The van der Waals surface area contributed by atoms with Crippen molar-refractivity contribution in [3.05, 3.63) is 78.5 Å². The van der Waals surface area contributed by atoms with E-state index in [9.17, 15) is 9.18 Å². The van der Waals surface area contributed by atoms with E-state index in [2.05, 4.69) is 25.7 Å². The second-order valence-corrected chi connectivity index (χ2v) is 9.71. The van der Waals surface area contributed by atoms with E-state index in [1.807, 2.05) is 30.3 Å². The number of nitrogens with zero attached hydrogens (tertiary/aromatic N) is 3. The Bertz CT molecular complexity index is 1510. The third-order valence-corrected chi connectivity index (χ3v) is 7.85. The summed E-state index contributed by atoms with van der Waals surface area (Å²) in [6, 6.07) is 14.1. The Morgan fingerprint density at radius 2 is 1.97 bits per heavy atom. The van der Waals surface area contributed by atoms with E-state index in [4.69, 9.17) is 4.84 Å². The molecule has 2 saturated carbocycles. The van der Waals surface area contributed by atoms with Crippen molar-refractivity contribution in [2.45, 2.75) is 24.9 Å². The Morgan fingerprint density at radius 3 is 2.89 bits per heavy atom.